The van der Waals surface area contributed by atoms with Gasteiger partial charge >= 0.3 is 0 Å². The molecule has 0 aromatic heterocycles. The third kappa shape index (κ3) is 1.91. The van der Waals surface area contributed by atoms with Crippen LogP contribution in [0.1, 0.15) is 19.3 Å². The fourth-order valence-corrected chi connectivity index (χ4v) is 1.96. The molecule has 2 aliphatic heterocycles. The molecule has 13 heavy (non-hydrogen) atoms. The maximum Gasteiger partial charge on any atom is 0.239 e. The van der Waals surface area contributed by atoms with Crippen molar-refractivity contribution in [3.05, 3.63) is 12.2 Å². The summed E-state index contributed by atoms with van der Waals surface area (Å²) in [6, 6.07) is 0.103. The molecular formula is C10H16N2O. The second kappa shape index (κ2) is 3.92. The van der Waals surface area contributed by atoms with Gasteiger partial charge in [-0.3, -0.25) is 4.79 Å². The van der Waals surface area contributed by atoms with Gasteiger partial charge in [0.1, 0.15) is 0 Å². The van der Waals surface area contributed by atoms with Crippen molar-refractivity contribution in [2.75, 3.05) is 19.6 Å². The fraction of sp³-hybridized carbons (Fsp3) is 0.700. The summed E-state index contributed by atoms with van der Waals surface area (Å²) in [6.45, 7) is 2.70. The lowest BCUT2D eigenvalue weighted by Crippen LogP contribution is -2.44. The average molecular weight is 180 g/mol. The quantitative estimate of drug-likeness (QED) is 0.597. The summed E-state index contributed by atoms with van der Waals surface area (Å²) in [5.74, 6) is 0.293. The average Bonchev–Trinajstić information content (AvgIpc) is 2.71. The third-order valence-corrected chi connectivity index (χ3v) is 2.73. The van der Waals surface area contributed by atoms with Crippen LogP contribution in [0.25, 0.3) is 0 Å². The summed E-state index contributed by atoms with van der Waals surface area (Å²) < 4.78 is 0. The van der Waals surface area contributed by atoms with Crippen molar-refractivity contribution in [3.63, 3.8) is 0 Å². The molecule has 0 saturated carbocycles. The monoisotopic (exact) mass is 180 g/mol. The number of rotatable bonds is 1. The predicted molar refractivity (Wildman–Crippen MR) is 51.4 cm³/mol. The van der Waals surface area contributed by atoms with Gasteiger partial charge < -0.3 is 10.2 Å². The van der Waals surface area contributed by atoms with Crippen LogP contribution >= 0.6 is 0 Å². The van der Waals surface area contributed by atoms with E-state index in [1.807, 2.05) is 4.90 Å². The Morgan fingerprint density at radius 1 is 1.46 bits per heavy atom. The molecular weight excluding hydrogens is 164 g/mol. The van der Waals surface area contributed by atoms with Crippen LogP contribution in [0.2, 0.25) is 0 Å². The van der Waals surface area contributed by atoms with Gasteiger partial charge in [0, 0.05) is 13.1 Å². The molecule has 1 atom stereocenters. The molecule has 1 saturated heterocycles. The van der Waals surface area contributed by atoms with E-state index in [0.29, 0.717) is 5.91 Å². The number of hydrogen-bond acceptors (Lipinski definition) is 2. The van der Waals surface area contributed by atoms with E-state index in [0.717, 1.165) is 38.9 Å². The van der Waals surface area contributed by atoms with Crippen molar-refractivity contribution in [2.24, 2.45) is 0 Å². The molecule has 0 unspecified atom stereocenters. The van der Waals surface area contributed by atoms with Crippen molar-refractivity contribution in [2.45, 2.75) is 25.3 Å². The van der Waals surface area contributed by atoms with Crippen molar-refractivity contribution >= 4 is 5.91 Å². The summed E-state index contributed by atoms with van der Waals surface area (Å²) >= 11 is 0. The molecule has 0 bridgehead atoms. The largest absolute Gasteiger partial charge is 0.337 e. The second-order valence-corrected chi connectivity index (χ2v) is 3.69. The summed E-state index contributed by atoms with van der Waals surface area (Å²) in [5.41, 5.74) is 0. The Labute approximate surface area is 78.8 Å². The maximum absolute atomic E-state index is 11.8. The minimum absolute atomic E-state index is 0.103. The van der Waals surface area contributed by atoms with E-state index in [9.17, 15) is 4.79 Å². The van der Waals surface area contributed by atoms with Crippen molar-refractivity contribution in [1.29, 1.82) is 0 Å². The van der Waals surface area contributed by atoms with Crippen LogP contribution in [0.15, 0.2) is 12.2 Å². The third-order valence-electron chi connectivity index (χ3n) is 2.73. The highest BCUT2D eigenvalue weighted by Crippen LogP contribution is 2.10. The molecule has 1 fully saturated rings. The van der Waals surface area contributed by atoms with Crippen molar-refractivity contribution in [3.8, 4) is 0 Å². The molecule has 1 amide bonds. The minimum atomic E-state index is 0.103. The Bertz CT molecular complexity index is 219. The Morgan fingerprint density at radius 3 is 3.00 bits per heavy atom. The highest BCUT2D eigenvalue weighted by Gasteiger charge is 2.26. The van der Waals surface area contributed by atoms with Crippen LogP contribution < -0.4 is 5.32 Å². The predicted octanol–water partition coefficient (Wildman–Crippen LogP) is 0.527. The van der Waals surface area contributed by atoms with Gasteiger partial charge in [0.2, 0.25) is 5.91 Å². The van der Waals surface area contributed by atoms with Gasteiger partial charge in [-0.1, -0.05) is 12.2 Å². The summed E-state index contributed by atoms with van der Waals surface area (Å²) in [6.07, 6.45) is 7.39. The Hall–Kier alpha value is -0.830. The van der Waals surface area contributed by atoms with E-state index in [4.69, 9.17) is 0 Å². The highest BCUT2D eigenvalue weighted by molar-refractivity contribution is 5.82. The smallest absolute Gasteiger partial charge is 0.239 e. The van der Waals surface area contributed by atoms with Gasteiger partial charge in [-0.25, -0.2) is 0 Å². The van der Waals surface area contributed by atoms with Gasteiger partial charge in [0.05, 0.1) is 6.04 Å². The van der Waals surface area contributed by atoms with Gasteiger partial charge in [0.25, 0.3) is 0 Å². The van der Waals surface area contributed by atoms with Crippen molar-refractivity contribution < 1.29 is 4.79 Å². The number of carbonyl (C=O) groups is 1. The Balaban J connectivity index is 1.91. The van der Waals surface area contributed by atoms with Gasteiger partial charge in [-0.2, -0.15) is 0 Å². The molecule has 2 aliphatic rings. The van der Waals surface area contributed by atoms with Crippen LogP contribution in [-0.2, 0) is 4.79 Å². The standard InChI is InChI=1S/C10H16N2O/c13-10(9-5-4-6-11-9)12-7-2-1-3-8-12/h1-2,9,11H,3-8H2/t9-/m0/s1. The summed E-state index contributed by atoms with van der Waals surface area (Å²) in [4.78, 5) is 13.8. The fourth-order valence-electron chi connectivity index (χ4n) is 1.96. The molecule has 0 radical (unpaired) electrons. The summed E-state index contributed by atoms with van der Waals surface area (Å²) in [5, 5.41) is 3.24. The molecule has 0 aromatic rings. The van der Waals surface area contributed by atoms with Crippen LogP contribution in [0, 0.1) is 0 Å². The lowest BCUT2D eigenvalue weighted by atomic mass is 10.1. The topological polar surface area (TPSA) is 32.3 Å². The van der Waals surface area contributed by atoms with Gasteiger partial charge in [0.15, 0.2) is 0 Å². The van der Waals surface area contributed by atoms with E-state index in [-0.39, 0.29) is 6.04 Å². The number of hydrogen-bond donors (Lipinski definition) is 1. The zero-order valence-electron chi connectivity index (χ0n) is 7.83. The number of nitrogens with one attached hydrogen (secondary N) is 1. The molecule has 2 heterocycles. The second-order valence-electron chi connectivity index (χ2n) is 3.69. The van der Waals surface area contributed by atoms with E-state index in [1.54, 1.807) is 0 Å². The first kappa shape index (κ1) is 8.75. The Kier molecular flexibility index (Phi) is 2.64. The SMILES string of the molecule is O=C([C@@H]1CCCN1)N1CC=CCC1. The van der Waals surface area contributed by atoms with Crippen LogP contribution in [-0.4, -0.2) is 36.5 Å². The number of nitrogens with zero attached hydrogens (tertiary/aromatic N) is 1. The van der Waals surface area contributed by atoms with Crippen LogP contribution in [0.3, 0.4) is 0 Å². The Morgan fingerprint density at radius 2 is 2.38 bits per heavy atom. The van der Waals surface area contributed by atoms with Crippen molar-refractivity contribution in [1.82, 2.24) is 10.2 Å². The summed E-state index contributed by atoms with van der Waals surface area (Å²) in [7, 11) is 0. The molecule has 3 nitrogen and oxygen atoms in total. The first-order valence-electron chi connectivity index (χ1n) is 5.05. The van der Waals surface area contributed by atoms with Crippen LogP contribution in [0.4, 0.5) is 0 Å². The highest BCUT2D eigenvalue weighted by atomic mass is 16.2. The lowest BCUT2D eigenvalue weighted by Gasteiger charge is -2.26. The molecule has 72 valence electrons. The van der Waals surface area contributed by atoms with Crippen LogP contribution in [0.5, 0.6) is 0 Å². The zero-order chi connectivity index (χ0) is 9.10. The zero-order valence-corrected chi connectivity index (χ0v) is 7.83. The van der Waals surface area contributed by atoms with E-state index >= 15 is 0 Å². The van der Waals surface area contributed by atoms with E-state index in [1.165, 1.54) is 0 Å². The van der Waals surface area contributed by atoms with E-state index < -0.39 is 0 Å². The minimum Gasteiger partial charge on any atom is -0.337 e. The first-order chi connectivity index (χ1) is 6.38. The maximum atomic E-state index is 11.8. The number of amides is 1. The molecule has 0 aliphatic carbocycles. The van der Waals surface area contributed by atoms with Gasteiger partial charge in [-0.15, -0.1) is 0 Å². The molecule has 2 rings (SSSR count). The number of carbonyl (C=O) groups excluding carboxylic acids is 1. The molecule has 0 aromatic carbocycles. The molecule has 3 heteroatoms. The molecule has 1 N–H and O–H groups in total. The van der Waals surface area contributed by atoms with E-state index in [2.05, 4.69) is 17.5 Å². The first-order valence-corrected chi connectivity index (χ1v) is 5.05. The molecule has 0 spiro atoms. The lowest BCUT2D eigenvalue weighted by molar-refractivity contribution is -0.132. The van der Waals surface area contributed by atoms with Gasteiger partial charge in [-0.05, 0) is 25.8 Å². The normalized spacial score (nSPS) is 28.0.